The van der Waals surface area contributed by atoms with E-state index >= 15 is 0 Å². The van der Waals surface area contributed by atoms with Crippen molar-refractivity contribution < 1.29 is 19.4 Å². The quantitative estimate of drug-likeness (QED) is 0.635. The van der Waals surface area contributed by atoms with E-state index in [2.05, 4.69) is 20.8 Å². The highest BCUT2D eigenvalue weighted by Gasteiger charge is 2.11. The van der Waals surface area contributed by atoms with Crippen molar-refractivity contribution in [3.63, 3.8) is 0 Å². The number of hydrogen-bond donors (Lipinski definition) is 2. The van der Waals surface area contributed by atoms with Crippen LogP contribution in [0.4, 0.5) is 0 Å². The minimum atomic E-state index is -0.855. The molecule has 3 rings (SSSR count). The molecule has 0 saturated heterocycles. The Morgan fingerprint density at radius 2 is 2.16 bits per heavy atom. The van der Waals surface area contributed by atoms with Crippen molar-refractivity contribution in [2.45, 2.75) is 6.10 Å². The Bertz CT molecular complexity index is 866. The summed E-state index contributed by atoms with van der Waals surface area (Å²) in [4.78, 5) is 12.1. The molecule has 1 aromatic carbocycles. The molecule has 2 aromatic heterocycles. The summed E-state index contributed by atoms with van der Waals surface area (Å²) in [6.45, 7) is 0.0932. The standard InChI is InChI=1S/C16H17N5O4/c1-24-13-3-2-4-14(7-13)25-10-12(22)8-17-16(23)11-5-6-15-18-19-20-21(15)9-11/h2-7,9,12,22H,8,10H2,1H3,(H,17,23)/t12-/m1/s1. The van der Waals surface area contributed by atoms with Crippen LogP contribution in [-0.2, 0) is 0 Å². The number of hydrogen-bond acceptors (Lipinski definition) is 7. The summed E-state index contributed by atoms with van der Waals surface area (Å²) >= 11 is 0. The lowest BCUT2D eigenvalue weighted by atomic mass is 10.2. The molecule has 0 radical (unpaired) electrons. The highest BCUT2D eigenvalue weighted by molar-refractivity contribution is 5.94. The second-order valence-corrected chi connectivity index (χ2v) is 5.25. The SMILES string of the molecule is COc1cccc(OC[C@H](O)CNC(=O)c2ccc3nnnn3c2)c1. The molecule has 0 saturated carbocycles. The van der Waals surface area contributed by atoms with Gasteiger partial charge in [-0.25, -0.2) is 0 Å². The van der Waals surface area contributed by atoms with Gasteiger partial charge in [0.1, 0.15) is 24.2 Å². The van der Waals surface area contributed by atoms with Crippen molar-refractivity contribution in [2.75, 3.05) is 20.3 Å². The number of rotatable bonds is 7. The van der Waals surface area contributed by atoms with E-state index in [1.807, 2.05) is 0 Å². The number of carbonyl (C=O) groups is 1. The van der Waals surface area contributed by atoms with Crippen LogP contribution >= 0.6 is 0 Å². The summed E-state index contributed by atoms with van der Waals surface area (Å²) in [5.41, 5.74) is 0.934. The Morgan fingerprint density at radius 3 is 3.00 bits per heavy atom. The van der Waals surface area contributed by atoms with Crippen LogP contribution in [0.1, 0.15) is 10.4 Å². The van der Waals surface area contributed by atoms with Crippen LogP contribution in [0.3, 0.4) is 0 Å². The lowest BCUT2D eigenvalue weighted by molar-refractivity contribution is 0.0843. The zero-order valence-electron chi connectivity index (χ0n) is 13.5. The number of aliphatic hydroxyl groups is 1. The van der Waals surface area contributed by atoms with Gasteiger partial charge in [-0.3, -0.25) is 4.79 Å². The number of aliphatic hydroxyl groups excluding tert-OH is 1. The molecule has 25 heavy (non-hydrogen) atoms. The van der Waals surface area contributed by atoms with E-state index in [9.17, 15) is 9.90 Å². The van der Waals surface area contributed by atoms with E-state index in [-0.39, 0.29) is 19.1 Å². The first-order chi connectivity index (χ1) is 12.2. The van der Waals surface area contributed by atoms with E-state index in [1.165, 1.54) is 10.7 Å². The van der Waals surface area contributed by atoms with Crippen LogP contribution in [0.2, 0.25) is 0 Å². The summed E-state index contributed by atoms with van der Waals surface area (Å²) < 4.78 is 12.0. The van der Waals surface area contributed by atoms with E-state index in [0.717, 1.165) is 0 Å². The molecule has 0 unspecified atom stereocenters. The monoisotopic (exact) mass is 343 g/mol. The Hall–Kier alpha value is -3.20. The predicted octanol–water partition coefficient (Wildman–Crippen LogP) is 0.303. The molecule has 130 valence electrons. The first-order valence-electron chi connectivity index (χ1n) is 7.56. The van der Waals surface area contributed by atoms with Crippen molar-refractivity contribution in [1.29, 1.82) is 0 Å². The smallest absolute Gasteiger partial charge is 0.252 e. The van der Waals surface area contributed by atoms with Gasteiger partial charge in [0.25, 0.3) is 5.91 Å². The van der Waals surface area contributed by atoms with Crippen molar-refractivity contribution in [3.05, 3.63) is 48.2 Å². The largest absolute Gasteiger partial charge is 0.497 e. The molecule has 0 spiro atoms. The van der Waals surface area contributed by atoms with Crippen molar-refractivity contribution in [1.82, 2.24) is 25.4 Å². The van der Waals surface area contributed by atoms with Gasteiger partial charge in [0.15, 0.2) is 5.65 Å². The summed E-state index contributed by atoms with van der Waals surface area (Å²) in [6.07, 6.45) is 0.663. The van der Waals surface area contributed by atoms with E-state index in [4.69, 9.17) is 9.47 Å². The van der Waals surface area contributed by atoms with Gasteiger partial charge in [-0.1, -0.05) is 6.07 Å². The zero-order chi connectivity index (χ0) is 17.6. The van der Waals surface area contributed by atoms with E-state index in [0.29, 0.717) is 22.7 Å². The molecular formula is C16H17N5O4. The van der Waals surface area contributed by atoms with Crippen LogP contribution in [0.25, 0.3) is 5.65 Å². The van der Waals surface area contributed by atoms with Crippen LogP contribution in [0.5, 0.6) is 11.5 Å². The molecule has 1 amide bonds. The Balaban J connectivity index is 1.49. The molecule has 1 atom stereocenters. The third-order valence-electron chi connectivity index (χ3n) is 3.44. The molecular weight excluding hydrogens is 326 g/mol. The summed E-state index contributed by atoms with van der Waals surface area (Å²) in [5, 5.41) is 23.6. The van der Waals surface area contributed by atoms with E-state index < -0.39 is 6.10 Å². The number of nitrogens with zero attached hydrogens (tertiary/aromatic N) is 4. The van der Waals surface area contributed by atoms with Gasteiger partial charge >= 0.3 is 0 Å². The summed E-state index contributed by atoms with van der Waals surface area (Å²) in [6, 6.07) is 10.3. The van der Waals surface area contributed by atoms with Crippen molar-refractivity contribution in [2.24, 2.45) is 0 Å². The normalized spacial score (nSPS) is 11.9. The lowest BCUT2D eigenvalue weighted by Gasteiger charge is -2.13. The van der Waals surface area contributed by atoms with Crippen molar-refractivity contribution in [3.8, 4) is 11.5 Å². The molecule has 2 heterocycles. The topological polar surface area (TPSA) is 111 Å². The van der Waals surface area contributed by atoms with Gasteiger partial charge in [-0.2, -0.15) is 4.52 Å². The third kappa shape index (κ3) is 4.21. The van der Waals surface area contributed by atoms with Gasteiger partial charge in [0, 0.05) is 18.8 Å². The zero-order valence-corrected chi connectivity index (χ0v) is 13.5. The Morgan fingerprint density at radius 1 is 1.32 bits per heavy atom. The summed E-state index contributed by atoms with van der Waals surface area (Å²) in [5.74, 6) is 0.907. The molecule has 3 aromatic rings. The minimum absolute atomic E-state index is 0.0411. The molecule has 9 heteroatoms. The predicted molar refractivity (Wildman–Crippen MR) is 87.6 cm³/mol. The molecule has 0 aliphatic heterocycles. The number of aromatic nitrogens is 4. The fraction of sp³-hybridized carbons (Fsp3) is 0.250. The van der Waals surface area contributed by atoms with Crippen LogP contribution in [-0.4, -0.2) is 57.4 Å². The van der Waals surface area contributed by atoms with Crippen LogP contribution in [0, 0.1) is 0 Å². The second kappa shape index (κ2) is 7.58. The third-order valence-corrected chi connectivity index (χ3v) is 3.44. The molecule has 0 fully saturated rings. The molecule has 9 nitrogen and oxygen atoms in total. The molecule has 2 N–H and O–H groups in total. The number of amides is 1. The summed E-state index contributed by atoms with van der Waals surface area (Å²) in [7, 11) is 1.57. The fourth-order valence-electron chi connectivity index (χ4n) is 2.13. The fourth-order valence-corrected chi connectivity index (χ4v) is 2.13. The number of fused-ring (bicyclic) bond motifs is 1. The second-order valence-electron chi connectivity index (χ2n) is 5.25. The number of carbonyl (C=O) groups excluding carboxylic acids is 1. The van der Waals surface area contributed by atoms with E-state index in [1.54, 1.807) is 43.5 Å². The van der Waals surface area contributed by atoms with Crippen LogP contribution < -0.4 is 14.8 Å². The number of nitrogens with one attached hydrogen (secondary N) is 1. The first-order valence-corrected chi connectivity index (χ1v) is 7.56. The highest BCUT2D eigenvalue weighted by atomic mass is 16.5. The highest BCUT2D eigenvalue weighted by Crippen LogP contribution is 2.18. The Labute approximate surface area is 143 Å². The maximum absolute atomic E-state index is 12.1. The molecule has 0 bridgehead atoms. The maximum Gasteiger partial charge on any atom is 0.252 e. The molecule has 0 aliphatic rings. The average Bonchev–Trinajstić information content (AvgIpc) is 3.12. The lowest BCUT2D eigenvalue weighted by Crippen LogP contribution is -2.35. The molecule has 0 aliphatic carbocycles. The van der Waals surface area contributed by atoms with Gasteiger partial charge in [-0.05, 0) is 34.7 Å². The number of pyridine rings is 1. The van der Waals surface area contributed by atoms with Gasteiger partial charge in [0.2, 0.25) is 0 Å². The number of tetrazole rings is 1. The first kappa shape index (κ1) is 16.7. The number of methoxy groups -OCH3 is 1. The van der Waals surface area contributed by atoms with Crippen molar-refractivity contribution >= 4 is 11.6 Å². The van der Waals surface area contributed by atoms with Gasteiger partial charge in [0.05, 0.1) is 12.7 Å². The minimum Gasteiger partial charge on any atom is -0.497 e. The van der Waals surface area contributed by atoms with Crippen LogP contribution in [0.15, 0.2) is 42.6 Å². The number of benzene rings is 1. The van der Waals surface area contributed by atoms with Gasteiger partial charge in [-0.15, -0.1) is 5.10 Å². The number of ether oxygens (including phenoxy) is 2. The average molecular weight is 343 g/mol. The maximum atomic E-state index is 12.1. The Kier molecular flexibility index (Phi) is 5.05. The van der Waals surface area contributed by atoms with Gasteiger partial charge < -0.3 is 19.9 Å².